The molecule has 0 aliphatic carbocycles. The number of anilines is 1. The summed E-state index contributed by atoms with van der Waals surface area (Å²) in [4.78, 5) is 27.4. The summed E-state index contributed by atoms with van der Waals surface area (Å²) >= 11 is 0. The lowest BCUT2D eigenvalue weighted by molar-refractivity contribution is -0.114. The fourth-order valence-electron chi connectivity index (χ4n) is 1.97. The van der Waals surface area contributed by atoms with Crippen molar-refractivity contribution in [2.45, 2.75) is 6.92 Å². The van der Waals surface area contributed by atoms with Crippen molar-refractivity contribution in [2.75, 3.05) is 5.32 Å². The molecule has 2 heterocycles. The van der Waals surface area contributed by atoms with Crippen molar-refractivity contribution in [1.29, 1.82) is 0 Å². The fourth-order valence-corrected chi connectivity index (χ4v) is 1.97. The van der Waals surface area contributed by atoms with Crippen LogP contribution in [0.4, 0.5) is 5.69 Å². The number of benzene rings is 1. The zero-order chi connectivity index (χ0) is 13.4. The summed E-state index contributed by atoms with van der Waals surface area (Å²) in [7, 11) is 0. The van der Waals surface area contributed by atoms with Gasteiger partial charge in [0.1, 0.15) is 5.58 Å². The molecule has 1 N–H and O–H groups in total. The topological polar surface area (TPSA) is 72.2 Å². The smallest absolute Gasteiger partial charge is 0.230 e. The highest BCUT2D eigenvalue weighted by Crippen LogP contribution is 2.20. The first kappa shape index (κ1) is 11.4. The number of nitrogens with zero attached hydrogens (tertiary/aromatic N) is 1. The van der Waals surface area contributed by atoms with Gasteiger partial charge in [-0.3, -0.25) is 9.59 Å². The van der Waals surface area contributed by atoms with Gasteiger partial charge in [-0.25, -0.2) is 4.98 Å². The van der Waals surface area contributed by atoms with E-state index in [4.69, 9.17) is 4.42 Å². The Labute approximate surface area is 107 Å². The van der Waals surface area contributed by atoms with Crippen LogP contribution in [0.3, 0.4) is 0 Å². The van der Waals surface area contributed by atoms with Crippen LogP contribution >= 0.6 is 0 Å². The van der Waals surface area contributed by atoms with E-state index in [-0.39, 0.29) is 11.3 Å². The van der Waals surface area contributed by atoms with E-state index in [9.17, 15) is 9.59 Å². The largest absolute Gasteiger partial charge is 0.437 e. The number of hydrogen-bond acceptors (Lipinski definition) is 4. The highest BCUT2D eigenvalue weighted by molar-refractivity contribution is 5.94. The molecular weight excluding hydrogens is 244 g/mol. The van der Waals surface area contributed by atoms with Crippen LogP contribution in [0.1, 0.15) is 6.92 Å². The minimum absolute atomic E-state index is 0.156. The minimum atomic E-state index is -0.189. The zero-order valence-corrected chi connectivity index (χ0v) is 10.1. The van der Waals surface area contributed by atoms with E-state index in [0.717, 1.165) is 0 Å². The van der Waals surface area contributed by atoms with E-state index in [2.05, 4.69) is 10.3 Å². The maximum Gasteiger partial charge on any atom is 0.230 e. The van der Waals surface area contributed by atoms with Crippen LogP contribution in [0.5, 0.6) is 0 Å². The first-order valence-corrected chi connectivity index (χ1v) is 5.74. The monoisotopic (exact) mass is 254 g/mol. The number of amides is 1. The molecule has 0 atom stereocenters. The molecule has 5 nitrogen and oxygen atoms in total. The maximum absolute atomic E-state index is 12.3. The molecule has 0 aliphatic heterocycles. The van der Waals surface area contributed by atoms with Gasteiger partial charge in [0.25, 0.3) is 0 Å². The Balaban J connectivity index is 2.33. The Bertz CT molecular complexity index is 852. The Morgan fingerprint density at radius 1 is 1.26 bits per heavy atom. The normalized spacial score (nSPS) is 10.8. The summed E-state index contributed by atoms with van der Waals surface area (Å²) in [6, 6.07) is 8.29. The van der Waals surface area contributed by atoms with Gasteiger partial charge in [0.2, 0.25) is 17.0 Å². The lowest BCUT2D eigenvalue weighted by atomic mass is 10.1. The van der Waals surface area contributed by atoms with Gasteiger partial charge in [-0.2, -0.15) is 0 Å². The molecule has 3 aromatic rings. The second kappa shape index (κ2) is 4.20. The summed E-state index contributed by atoms with van der Waals surface area (Å²) in [5.41, 5.74) is 1.17. The van der Waals surface area contributed by atoms with Crippen LogP contribution < -0.4 is 10.7 Å². The molecular formula is C14H10N2O3. The van der Waals surface area contributed by atoms with E-state index in [1.165, 1.54) is 6.92 Å². The van der Waals surface area contributed by atoms with Crippen LogP contribution in [0.15, 0.2) is 45.7 Å². The lowest BCUT2D eigenvalue weighted by Gasteiger charge is -2.04. The Kier molecular flexibility index (Phi) is 2.52. The standard InChI is InChI=1S/C14H10N2O3/c1-8(17)16-9-4-5-12-11(7-9)13(18)10-3-2-6-15-14(10)19-12/h2-7H,1H3,(H,16,17). The number of carbonyl (C=O) groups excluding carboxylic acids is 1. The van der Waals surface area contributed by atoms with Crippen LogP contribution in [0.2, 0.25) is 0 Å². The van der Waals surface area contributed by atoms with Crippen LogP contribution in [-0.2, 0) is 4.79 Å². The van der Waals surface area contributed by atoms with Crippen LogP contribution in [0, 0.1) is 0 Å². The number of rotatable bonds is 1. The average molecular weight is 254 g/mol. The summed E-state index contributed by atoms with van der Waals surface area (Å²) in [5.74, 6) is -0.189. The van der Waals surface area contributed by atoms with Crippen LogP contribution in [-0.4, -0.2) is 10.9 Å². The van der Waals surface area contributed by atoms with Crippen molar-refractivity contribution in [3.05, 3.63) is 46.8 Å². The van der Waals surface area contributed by atoms with Gasteiger partial charge in [-0.05, 0) is 30.3 Å². The quantitative estimate of drug-likeness (QED) is 0.676. The molecule has 0 aliphatic rings. The van der Waals surface area contributed by atoms with Gasteiger partial charge in [-0.1, -0.05) is 0 Å². The van der Waals surface area contributed by atoms with E-state index < -0.39 is 0 Å². The number of hydrogen-bond donors (Lipinski definition) is 1. The molecule has 5 heteroatoms. The number of carbonyl (C=O) groups is 1. The molecule has 0 bridgehead atoms. The Morgan fingerprint density at radius 2 is 2.11 bits per heavy atom. The molecule has 0 saturated carbocycles. The first-order chi connectivity index (χ1) is 9.15. The van der Waals surface area contributed by atoms with Gasteiger partial charge in [0.05, 0.1) is 10.8 Å². The van der Waals surface area contributed by atoms with Gasteiger partial charge >= 0.3 is 0 Å². The third-order valence-electron chi connectivity index (χ3n) is 2.77. The minimum Gasteiger partial charge on any atom is -0.437 e. The molecule has 94 valence electrons. The molecule has 0 fully saturated rings. The summed E-state index contributed by atoms with van der Waals surface area (Å²) in [6.07, 6.45) is 1.57. The van der Waals surface area contributed by atoms with E-state index in [0.29, 0.717) is 27.8 Å². The SMILES string of the molecule is CC(=O)Nc1ccc2oc3ncccc3c(=O)c2c1. The predicted octanol–water partition coefficient (Wildman–Crippen LogP) is 2.30. The molecule has 0 unspecified atom stereocenters. The number of fused-ring (bicyclic) bond motifs is 2. The van der Waals surface area contributed by atoms with Crippen molar-refractivity contribution >= 4 is 33.7 Å². The van der Waals surface area contributed by atoms with Crippen molar-refractivity contribution in [3.63, 3.8) is 0 Å². The Morgan fingerprint density at radius 3 is 2.89 bits per heavy atom. The molecule has 0 radical (unpaired) electrons. The average Bonchev–Trinajstić information content (AvgIpc) is 2.39. The zero-order valence-electron chi connectivity index (χ0n) is 10.1. The molecule has 0 saturated heterocycles. The van der Waals surface area contributed by atoms with Gasteiger partial charge in [0, 0.05) is 18.8 Å². The van der Waals surface area contributed by atoms with E-state index in [1.54, 1.807) is 36.5 Å². The predicted molar refractivity (Wildman–Crippen MR) is 72.1 cm³/mol. The van der Waals surface area contributed by atoms with Crippen LogP contribution in [0.25, 0.3) is 22.1 Å². The summed E-state index contributed by atoms with van der Waals surface area (Å²) in [5, 5.41) is 3.49. The lowest BCUT2D eigenvalue weighted by Crippen LogP contribution is -2.07. The fraction of sp³-hybridized carbons (Fsp3) is 0.0714. The molecule has 3 rings (SSSR count). The first-order valence-electron chi connectivity index (χ1n) is 5.74. The Hall–Kier alpha value is -2.69. The molecule has 2 aromatic heterocycles. The summed E-state index contributed by atoms with van der Waals surface area (Å²) in [6.45, 7) is 1.41. The third kappa shape index (κ3) is 1.95. The van der Waals surface area contributed by atoms with E-state index >= 15 is 0 Å². The molecule has 1 aromatic carbocycles. The highest BCUT2D eigenvalue weighted by Gasteiger charge is 2.08. The van der Waals surface area contributed by atoms with Crippen molar-refractivity contribution < 1.29 is 9.21 Å². The number of nitrogens with one attached hydrogen (secondary N) is 1. The molecule has 0 spiro atoms. The molecule has 19 heavy (non-hydrogen) atoms. The van der Waals surface area contributed by atoms with Gasteiger partial charge in [0.15, 0.2) is 0 Å². The highest BCUT2D eigenvalue weighted by atomic mass is 16.3. The second-order valence-electron chi connectivity index (χ2n) is 4.18. The number of pyridine rings is 1. The maximum atomic E-state index is 12.3. The van der Waals surface area contributed by atoms with E-state index in [1.807, 2.05) is 0 Å². The second-order valence-corrected chi connectivity index (χ2v) is 4.18. The molecule has 1 amide bonds. The van der Waals surface area contributed by atoms with Crippen molar-refractivity contribution in [3.8, 4) is 0 Å². The van der Waals surface area contributed by atoms with Crippen molar-refractivity contribution in [2.24, 2.45) is 0 Å². The van der Waals surface area contributed by atoms with Crippen molar-refractivity contribution in [1.82, 2.24) is 4.98 Å². The third-order valence-corrected chi connectivity index (χ3v) is 2.77. The van der Waals surface area contributed by atoms with Gasteiger partial charge < -0.3 is 9.73 Å². The summed E-state index contributed by atoms with van der Waals surface area (Å²) < 4.78 is 5.56. The van der Waals surface area contributed by atoms with Gasteiger partial charge in [-0.15, -0.1) is 0 Å². The number of aromatic nitrogens is 1.